The van der Waals surface area contributed by atoms with Crippen LogP contribution in [0.5, 0.6) is 5.75 Å². The summed E-state index contributed by atoms with van der Waals surface area (Å²) < 4.78 is 5.42. The summed E-state index contributed by atoms with van der Waals surface area (Å²) in [6.45, 7) is 11.0. The van der Waals surface area contributed by atoms with E-state index in [4.69, 9.17) is 20.7 Å². The van der Waals surface area contributed by atoms with Crippen molar-refractivity contribution in [3.8, 4) is 5.75 Å². The number of carboxylic acid groups (broad SMARTS) is 1. The van der Waals surface area contributed by atoms with Crippen LogP contribution in [0.1, 0.15) is 56.9 Å². The Morgan fingerprint density at radius 3 is 1.82 bits per heavy atom. The molecule has 1 aliphatic rings. The maximum atomic E-state index is 12.3. The molecule has 0 spiro atoms. The van der Waals surface area contributed by atoms with Crippen molar-refractivity contribution in [2.45, 2.75) is 65.6 Å². The number of carbonyl (C=O) groups is 2. The van der Waals surface area contributed by atoms with Crippen molar-refractivity contribution in [3.05, 3.63) is 101 Å². The zero-order chi connectivity index (χ0) is 29.9. The molecule has 0 bridgehead atoms. The average Bonchev–Trinajstić information content (AvgIpc) is 3.73. The molecule has 40 heavy (non-hydrogen) atoms. The number of amides is 1. The third kappa shape index (κ3) is 9.72. The van der Waals surface area contributed by atoms with E-state index in [1.54, 1.807) is 17.0 Å². The molecule has 0 aromatic heterocycles. The largest absolute Gasteiger partial charge is 0.508 e. The van der Waals surface area contributed by atoms with Gasteiger partial charge in [-0.2, -0.15) is 0 Å². The van der Waals surface area contributed by atoms with Crippen molar-refractivity contribution >= 4 is 12.1 Å². The Kier molecular flexibility index (Phi) is 12.2. The SMILES string of the molecule is CC(C)C(C)(C(C)C)N(C)C(=O)OCc1ccccc1.N[C@@H](Cc1ccc(O)cc1)C(=O)O.c1ccc2c(c1)C2. The third-order valence-corrected chi connectivity index (χ3v) is 7.62. The molecule has 0 saturated carbocycles. The molecule has 7 heteroatoms. The monoisotopic (exact) mass is 548 g/mol. The molecule has 7 nitrogen and oxygen atoms in total. The Morgan fingerprint density at radius 2 is 1.38 bits per heavy atom. The second-order valence-corrected chi connectivity index (χ2v) is 10.9. The van der Waals surface area contributed by atoms with Gasteiger partial charge in [0.1, 0.15) is 18.4 Å². The van der Waals surface area contributed by atoms with Crippen molar-refractivity contribution in [3.63, 3.8) is 0 Å². The lowest BCUT2D eigenvalue weighted by Gasteiger charge is -2.44. The number of hydrogen-bond donors (Lipinski definition) is 3. The Balaban J connectivity index is 0.000000236. The van der Waals surface area contributed by atoms with Crippen molar-refractivity contribution in [2.24, 2.45) is 17.6 Å². The van der Waals surface area contributed by atoms with E-state index in [0.29, 0.717) is 18.4 Å². The number of nitrogens with zero attached hydrogens (tertiary/aromatic N) is 1. The molecule has 1 aliphatic carbocycles. The van der Waals surface area contributed by atoms with Crippen LogP contribution in [0, 0.1) is 11.8 Å². The first-order valence-electron chi connectivity index (χ1n) is 13.6. The molecular weight excluding hydrogens is 504 g/mol. The van der Waals surface area contributed by atoms with Crippen molar-refractivity contribution in [1.82, 2.24) is 4.90 Å². The van der Waals surface area contributed by atoms with E-state index in [1.807, 2.05) is 37.4 Å². The van der Waals surface area contributed by atoms with E-state index in [0.717, 1.165) is 11.1 Å². The Hall–Kier alpha value is -3.84. The van der Waals surface area contributed by atoms with Crippen LogP contribution >= 0.6 is 0 Å². The predicted octanol–water partition coefficient (Wildman–Crippen LogP) is 6.26. The fourth-order valence-corrected chi connectivity index (χ4v) is 4.26. The molecule has 4 N–H and O–H groups in total. The average molecular weight is 549 g/mol. The topological polar surface area (TPSA) is 113 Å². The van der Waals surface area contributed by atoms with Gasteiger partial charge in [-0.25, -0.2) is 4.79 Å². The summed E-state index contributed by atoms with van der Waals surface area (Å²) >= 11 is 0. The minimum atomic E-state index is -1.02. The molecule has 0 unspecified atom stereocenters. The van der Waals surface area contributed by atoms with Crippen LogP contribution in [-0.4, -0.2) is 45.8 Å². The first kappa shape index (κ1) is 32.4. The summed E-state index contributed by atoms with van der Waals surface area (Å²) in [6, 6.07) is 23.7. The number of phenols is 1. The van der Waals surface area contributed by atoms with E-state index >= 15 is 0 Å². The van der Waals surface area contributed by atoms with Crippen LogP contribution in [0.4, 0.5) is 4.79 Å². The lowest BCUT2D eigenvalue weighted by molar-refractivity contribution is -0.138. The van der Waals surface area contributed by atoms with Gasteiger partial charge >= 0.3 is 12.1 Å². The molecule has 3 aromatic carbocycles. The molecule has 4 rings (SSSR count). The molecule has 216 valence electrons. The summed E-state index contributed by atoms with van der Waals surface area (Å²) in [7, 11) is 1.83. The molecule has 0 fully saturated rings. The second kappa shape index (κ2) is 15.1. The van der Waals surface area contributed by atoms with Gasteiger partial charge in [0.2, 0.25) is 0 Å². The van der Waals surface area contributed by atoms with Gasteiger partial charge in [0.05, 0.1) is 0 Å². The highest BCUT2D eigenvalue weighted by Crippen LogP contribution is 2.32. The maximum absolute atomic E-state index is 12.3. The summed E-state index contributed by atoms with van der Waals surface area (Å²) in [5.74, 6) is -0.144. The van der Waals surface area contributed by atoms with Gasteiger partial charge in [-0.05, 0) is 66.0 Å². The maximum Gasteiger partial charge on any atom is 0.410 e. The van der Waals surface area contributed by atoms with E-state index in [2.05, 4.69) is 58.9 Å². The molecule has 0 radical (unpaired) electrons. The van der Waals surface area contributed by atoms with Gasteiger partial charge in [0.15, 0.2) is 0 Å². The molecule has 1 amide bonds. The Labute approximate surface area is 238 Å². The summed E-state index contributed by atoms with van der Waals surface area (Å²) in [5.41, 5.74) is 9.97. The normalized spacial score (nSPS) is 12.2. The number of nitrogens with two attached hydrogens (primary N) is 1. The molecule has 0 aliphatic heterocycles. The number of aliphatic carboxylic acids is 1. The number of hydrogen-bond acceptors (Lipinski definition) is 5. The first-order chi connectivity index (χ1) is 18.9. The number of benzene rings is 3. The predicted molar refractivity (Wildman–Crippen MR) is 159 cm³/mol. The number of phenolic OH excluding ortho intramolecular Hbond substituents is 1. The number of aromatic hydroxyl groups is 1. The number of carbonyl (C=O) groups excluding carboxylic acids is 1. The number of rotatable bonds is 8. The Morgan fingerprint density at radius 1 is 0.875 bits per heavy atom. The van der Waals surface area contributed by atoms with Crippen LogP contribution in [0.15, 0.2) is 78.9 Å². The highest BCUT2D eigenvalue weighted by atomic mass is 16.6. The third-order valence-electron chi connectivity index (χ3n) is 7.62. The van der Waals surface area contributed by atoms with Crippen LogP contribution in [0.2, 0.25) is 0 Å². The molecule has 1 atom stereocenters. The van der Waals surface area contributed by atoms with Crippen molar-refractivity contribution in [1.29, 1.82) is 0 Å². The fraction of sp³-hybridized carbons (Fsp3) is 0.394. The van der Waals surface area contributed by atoms with Crippen LogP contribution in [0.3, 0.4) is 0 Å². The number of carboxylic acids is 1. The van der Waals surface area contributed by atoms with Crippen molar-refractivity contribution in [2.75, 3.05) is 7.05 Å². The minimum Gasteiger partial charge on any atom is -0.508 e. The number of fused-ring (bicyclic) bond motifs is 1. The van der Waals surface area contributed by atoms with E-state index in [9.17, 15) is 9.59 Å². The van der Waals surface area contributed by atoms with Gasteiger partial charge in [-0.3, -0.25) is 4.79 Å². The van der Waals surface area contributed by atoms with Gasteiger partial charge < -0.3 is 25.6 Å². The molecule has 0 saturated heterocycles. The summed E-state index contributed by atoms with van der Waals surface area (Å²) in [4.78, 5) is 24.4. The van der Waals surface area contributed by atoms with Gasteiger partial charge in [0.25, 0.3) is 0 Å². The summed E-state index contributed by atoms with van der Waals surface area (Å²) in [5, 5.41) is 17.5. The minimum absolute atomic E-state index is 0.160. The quantitative estimate of drug-likeness (QED) is 0.239. The molecular formula is C33H44N2O5. The standard InChI is InChI=1S/C17H27NO2.C9H11NO3.C7H6/c1-13(2)17(5,14(3)4)18(6)16(19)20-12-15-10-8-7-9-11-15;10-8(9(12)13)5-6-1-3-7(11)4-2-6;1-2-4-7-5-6(7)3-1/h7-11,13-14H,12H2,1-6H3;1-4,8,11H,5,10H2,(H,12,13);1-4H,5H2/t;8-;/m.0./s1. The summed E-state index contributed by atoms with van der Waals surface area (Å²) in [6.07, 6.45) is 1.25. The van der Waals surface area contributed by atoms with Gasteiger partial charge in [-0.15, -0.1) is 0 Å². The van der Waals surface area contributed by atoms with E-state index < -0.39 is 12.0 Å². The molecule has 0 heterocycles. The van der Waals surface area contributed by atoms with E-state index in [1.165, 1.54) is 29.7 Å². The van der Waals surface area contributed by atoms with E-state index in [-0.39, 0.29) is 23.8 Å². The first-order valence-corrected chi connectivity index (χ1v) is 13.6. The van der Waals surface area contributed by atoms with Crippen LogP contribution in [-0.2, 0) is 29.0 Å². The zero-order valence-electron chi connectivity index (χ0n) is 24.5. The smallest absolute Gasteiger partial charge is 0.410 e. The fourth-order valence-electron chi connectivity index (χ4n) is 4.26. The van der Waals surface area contributed by atoms with Gasteiger partial charge in [-0.1, -0.05) is 94.4 Å². The zero-order valence-corrected chi connectivity index (χ0v) is 24.5. The second-order valence-electron chi connectivity index (χ2n) is 10.9. The van der Waals surface area contributed by atoms with Crippen LogP contribution < -0.4 is 5.73 Å². The van der Waals surface area contributed by atoms with Crippen LogP contribution in [0.25, 0.3) is 0 Å². The number of ether oxygens (including phenoxy) is 1. The highest BCUT2D eigenvalue weighted by Gasteiger charge is 2.39. The van der Waals surface area contributed by atoms with Crippen molar-refractivity contribution < 1.29 is 24.5 Å². The molecule has 3 aromatic rings. The Bertz CT molecular complexity index is 1180. The van der Waals surface area contributed by atoms with Gasteiger partial charge in [0, 0.05) is 12.6 Å². The highest BCUT2D eigenvalue weighted by molar-refractivity contribution is 5.73. The lowest BCUT2D eigenvalue weighted by atomic mass is 9.77. The lowest BCUT2D eigenvalue weighted by Crippen LogP contribution is -2.54.